The molecule has 2 aromatic carbocycles. The van der Waals surface area contributed by atoms with Crippen molar-refractivity contribution >= 4 is 21.6 Å². The summed E-state index contributed by atoms with van der Waals surface area (Å²) in [5.74, 6) is 0.298. The third kappa shape index (κ3) is 5.36. The smallest absolute Gasteiger partial charge is 0.239 e. The van der Waals surface area contributed by atoms with Crippen LogP contribution in [0.25, 0.3) is 0 Å². The van der Waals surface area contributed by atoms with Crippen LogP contribution in [0.5, 0.6) is 5.75 Å². The number of carbonyl (C=O) groups is 1. The SMILES string of the molecule is COc1ccc(CN(CC(=O)Nc2ccccc2)S(C)(=O)=O)cc1. The van der Waals surface area contributed by atoms with Gasteiger partial charge in [-0.25, -0.2) is 8.42 Å². The maximum absolute atomic E-state index is 12.1. The molecule has 0 radical (unpaired) electrons. The summed E-state index contributed by atoms with van der Waals surface area (Å²) in [4.78, 5) is 12.1. The lowest BCUT2D eigenvalue weighted by atomic mass is 10.2. The van der Waals surface area contributed by atoms with E-state index in [-0.39, 0.29) is 19.0 Å². The summed E-state index contributed by atoms with van der Waals surface area (Å²) in [6.07, 6.45) is 1.09. The first-order valence-corrected chi connectivity index (χ1v) is 9.16. The number of para-hydroxylation sites is 1. The second-order valence-electron chi connectivity index (χ2n) is 5.29. The molecule has 24 heavy (non-hydrogen) atoms. The Hall–Kier alpha value is -2.38. The minimum atomic E-state index is -3.52. The van der Waals surface area contributed by atoms with E-state index in [4.69, 9.17) is 4.74 Å². The normalized spacial score (nSPS) is 11.3. The number of ether oxygens (including phenoxy) is 1. The van der Waals surface area contributed by atoms with Crippen LogP contribution < -0.4 is 10.1 Å². The van der Waals surface area contributed by atoms with Gasteiger partial charge in [0.2, 0.25) is 15.9 Å². The molecule has 0 atom stereocenters. The molecule has 0 aliphatic heterocycles. The fourth-order valence-electron chi connectivity index (χ4n) is 2.11. The van der Waals surface area contributed by atoms with Crippen molar-refractivity contribution in [1.29, 1.82) is 0 Å². The Morgan fingerprint density at radius 3 is 2.25 bits per heavy atom. The van der Waals surface area contributed by atoms with Crippen LogP contribution in [0.3, 0.4) is 0 Å². The van der Waals surface area contributed by atoms with Crippen molar-refractivity contribution in [3.63, 3.8) is 0 Å². The highest BCUT2D eigenvalue weighted by Crippen LogP contribution is 2.14. The van der Waals surface area contributed by atoms with Crippen LogP contribution in [0.1, 0.15) is 5.56 Å². The first-order chi connectivity index (χ1) is 11.4. The molecule has 1 amide bonds. The number of benzene rings is 2. The molecule has 0 aromatic heterocycles. The number of methoxy groups -OCH3 is 1. The molecular formula is C17H20N2O4S. The first kappa shape index (κ1) is 18.0. The molecule has 0 saturated carbocycles. The van der Waals surface area contributed by atoms with Gasteiger partial charge in [-0.1, -0.05) is 30.3 Å². The van der Waals surface area contributed by atoms with Crippen LogP contribution in [0.2, 0.25) is 0 Å². The lowest BCUT2D eigenvalue weighted by Crippen LogP contribution is -2.36. The molecule has 0 saturated heterocycles. The van der Waals surface area contributed by atoms with E-state index < -0.39 is 10.0 Å². The minimum Gasteiger partial charge on any atom is -0.497 e. The monoisotopic (exact) mass is 348 g/mol. The highest BCUT2D eigenvalue weighted by molar-refractivity contribution is 7.88. The molecule has 1 N–H and O–H groups in total. The van der Waals surface area contributed by atoms with Crippen LogP contribution in [0, 0.1) is 0 Å². The van der Waals surface area contributed by atoms with Gasteiger partial charge in [0, 0.05) is 12.2 Å². The maximum Gasteiger partial charge on any atom is 0.239 e. The van der Waals surface area contributed by atoms with E-state index >= 15 is 0 Å². The Labute approximate surface area is 142 Å². The second kappa shape index (κ2) is 7.94. The van der Waals surface area contributed by atoms with Crippen molar-refractivity contribution in [3.8, 4) is 5.75 Å². The van der Waals surface area contributed by atoms with Crippen molar-refractivity contribution in [2.45, 2.75) is 6.54 Å². The van der Waals surface area contributed by atoms with Crippen LogP contribution in [0.4, 0.5) is 5.69 Å². The third-order valence-electron chi connectivity index (χ3n) is 3.36. The number of anilines is 1. The number of hydrogen-bond donors (Lipinski definition) is 1. The van der Waals surface area contributed by atoms with Gasteiger partial charge in [-0.3, -0.25) is 4.79 Å². The summed E-state index contributed by atoms with van der Waals surface area (Å²) in [5, 5.41) is 2.68. The number of sulfonamides is 1. The molecule has 0 unspecified atom stereocenters. The van der Waals surface area contributed by atoms with Crippen molar-refractivity contribution in [3.05, 3.63) is 60.2 Å². The van der Waals surface area contributed by atoms with Crippen LogP contribution >= 0.6 is 0 Å². The molecule has 0 bridgehead atoms. The Morgan fingerprint density at radius 2 is 1.71 bits per heavy atom. The molecule has 0 heterocycles. The number of rotatable bonds is 7. The zero-order valence-electron chi connectivity index (χ0n) is 13.6. The fraction of sp³-hybridized carbons (Fsp3) is 0.235. The molecule has 2 aromatic rings. The molecule has 2 rings (SSSR count). The van der Waals surface area contributed by atoms with Crippen LogP contribution in [-0.4, -0.2) is 38.5 Å². The van der Waals surface area contributed by atoms with Crippen LogP contribution in [-0.2, 0) is 21.4 Å². The van der Waals surface area contributed by atoms with Crippen molar-refractivity contribution < 1.29 is 17.9 Å². The summed E-state index contributed by atoms with van der Waals surface area (Å²) >= 11 is 0. The summed E-state index contributed by atoms with van der Waals surface area (Å²) in [6, 6.07) is 15.9. The Kier molecular flexibility index (Phi) is 5.94. The topological polar surface area (TPSA) is 75.7 Å². The van der Waals surface area contributed by atoms with Gasteiger partial charge in [-0.2, -0.15) is 4.31 Å². The molecule has 0 spiro atoms. The van der Waals surface area contributed by atoms with E-state index in [1.165, 1.54) is 0 Å². The summed E-state index contributed by atoms with van der Waals surface area (Å²) in [5.41, 5.74) is 1.40. The zero-order valence-corrected chi connectivity index (χ0v) is 14.4. The molecule has 7 heteroatoms. The number of nitrogens with zero attached hydrogens (tertiary/aromatic N) is 1. The van der Waals surface area contributed by atoms with Crippen LogP contribution in [0.15, 0.2) is 54.6 Å². The Morgan fingerprint density at radius 1 is 1.08 bits per heavy atom. The van der Waals surface area contributed by atoms with E-state index in [0.29, 0.717) is 11.4 Å². The van der Waals surface area contributed by atoms with E-state index in [1.807, 2.05) is 6.07 Å². The van der Waals surface area contributed by atoms with Gasteiger partial charge in [0.05, 0.1) is 19.9 Å². The van der Waals surface area contributed by atoms with Gasteiger partial charge in [-0.05, 0) is 29.8 Å². The van der Waals surface area contributed by atoms with Gasteiger partial charge in [0.1, 0.15) is 5.75 Å². The third-order valence-corrected chi connectivity index (χ3v) is 4.56. The highest BCUT2D eigenvalue weighted by Gasteiger charge is 2.20. The van der Waals surface area contributed by atoms with Gasteiger partial charge in [-0.15, -0.1) is 0 Å². The van der Waals surface area contributed by atoms with Crippen molar-refractivity contribution in [1.82, 2.24) is 4.31 Å². The number of carbonyl (C=O) groups excluding carboxylic acids is 1. The quantitative estimate of drug-likeness (QED) is 0.831. The minimum absolute atomic E-state index is 0.116. The summed E-state index contributed by atoms with van der Waals surface area (Å²) in [6.45, 7) is -0.134. The highest BCUT2D eigenvalue weighted by atomic mass is 32.2. The molecular weight excluding hydrogens is 328 g/mol. The largest absolute Gasteiger partial charge is 0.497 e. The standard InChI is InChI=1S/C17H20N2O4S/c1-23-16-10-8-14(9-11-16)12-19(24(2,21)22)13-17(20)18-15-6-4-3-5-7-15/h3-11H,12-13H2,1-2H3,(H,18,20). The lowest BCUT2D eigenvalue weighted by molar-refractivity contribution is -0.116. The van der Waals surface area contributed by atoms with E-state index in [1.54, 1.807) is 55.6 Å². The molecule has 0 fully saturated rings. The van der Waals surface area contributed by atoms with Gasteiger partial charge in [0.15, 0.2) is 0 Å². The molecule has 0 aliphatic rings. The number of nitrogens with one attached hydrogen (secondary N) is 1. The van der Waals surface area contributed by atoms with E-state index in [0.717, 1.165) is 16.1 Å². The first-order valence-electron chi connectivity index (χ1n) is 7.31. The second-order valence-corrected chi connectivity index (χ2v) is 7.28. The zero-order chi connectivity index (χ0) is 17.6. The van der Waals surface area contributed by atoms with Crippen molar-refractivity contribution in [2.24, 2.45) is 0 Å². The lowest BCUT2D eigenvalue weighted by Gasteiger charge is -2.19. The number of amides is 1. The van der Waals surface area contributed by atoms with Gasteiger partial charge < -0.3 is 10.1 Å². The summed E-state index contributed by atoms with van der Waals surface area (Å²) < 4.78 is 30.1. The molecule has 128 valence electrons. The van der Waals surface area contributed by atoms with Gasteiger partial charge >= 0.3 is 0 Å². The molecule has 6 nitrogen and oxygen atoms in total. The fourth-order valence-corrected chi connectivity index (χ4v) is 2.84. The predicted octanol–water partition coefficient (Wildman–Crippen LogP) is 2.10. The van der Waals surface area contributed by atoms with Gasteiger partial charge in [0.25, 0.3) is 0 Å². The molecule has 0 aliphatic carbocycles. The summed E-state index contributed by atoms with van der Waals surface area (Å²) in [7, 11) is -1.96. The van der Waals surface area contributed by atoms with E-state index in [9.17, 15) is 13.2 Å². The maximum atomic E-state index is 12.1. The Bertz CT molecular complexity index is 774. The number of hydrogen-bond acceptors (Lipinski definition) is 4. The average molecular weight is 348 g/mol. The van der Waals surface area contributed by atoms with E-state index in [2.05, 4.69) is 5.32 Å². The van der Waals surface area contributed by atoms with Crippen molar-refractivity contribution in [2.75, 3.05) is 25.2 Å². The predicted molar refractivity (Wildman–Crippen MR) is 93.3 cm³/mol. The average Bonchev–Trinajstić information content (AvgIpc) is 2.55. The Balaban J connectivity index is 2.06.